The Morgan fingerprint density at radius 1 is 0.929 bits per heavy atom. The minimum Gasteiger partial charge on any atom is -0.378 e. The van der Waals surface area contributed by atoms with E-state index in [9.17, 15) is 4.79 Å². The van der Waals surface area contributed by atoms with Gasteiger partial charge in [0.2, 0.25) is 0 Å². The second-order valence-corrected chi connectivity index (χ2v) is 8.15. The quantitative estimate of drug-likeness (QED) is 0.349. The van der Waals surface area contributed by atoms with Crippen molar-refractivity contribution < 1.29 is 4.79 Å². The summed E-state index contributed by atoms with van der Waals surface area (Å²) in [6.45, 7) is 6.11. The van der Waals surface area contributed by atoms with Crippen LogP contribution in [0.2, 0.25) is 0 Å². The molecule has 148 valence electrons. The molecule has 0 unspecified atom stereocenters. The molecule has 0 heterocycles. The van der Waals surface area contributed by atoms with Crippen LogP contribution in [0.15, 0.2) is 81.6 Å². The van der Waals surface area contributed by atoms with Gasteiger partial charge in [0.15, 0.2) is 5.78 Å². The van der Waals surface area contributed by atoms with Gasteiger partial charge in [-0.1, -0.05) is 49.4 Å². The topological polar surface area (TPSA) is 20.3 Å². The van der Waals surface area contributed by atoms with Crippen molar-refractivity contribution in [3.63, 3.8) is 0 Å². The van der Waals surface area contributed by atoms with Crippen molar-refractivity contribution in [1.29, 1.82) is 0 Å². The molecule has 2 rings (SSSR count). The van der Waals surface area contributed by atoms with Crippen LogP contribution in [0.1, 0.15) is 39.2 Å². The molecule has 28 heavy (non-hydrogen) atoms. The molecule has 0 radical (unpaired) electrons. The number of ketones is 1. The van der Waals surface area contributed by atoms with Crippen LogP contribution in [0, 0.1) is 0 Å². The number of carbonyl (C=O) groups excluding carboxylic acids is 1. The molecule has 3 heteroatoms. The first-order chi connectivity index (χ1) is 13.5. The van der Waals surface area contributed by atoms with Crippen molar-refractivity contribution in [3.05, 3.63) is 77.4 Å². The van der Waals surface area contributed by atoms with Crippen molar-refractivity contribution in [2.75, 3.05) is 19.0 Å². The second kappa shape index (κ2) is 10.9. The van der Waals surface area contributed by atoms with Crippen LogP contribution in [0.3, 0.4) is 0 Å². The summed E-state index contributed by atoms with van der Waals surface area (Å²) in [5, 5.41) is 0. The van der Waals surface area contributed by atoms with E-state index < -0.39 is 0 Å². The predicted octanol–water partition coefficient (Wildman–Crippen LogP) is 6.71. The molecule has 0 amide bonds. The van der Waals surface area contributed by atoms with Gasteiger partial charge in [0.1, 0.15) is 0 Å². The minimum absolute atomic E-state index is 0.198. The Morgan fingerprint density at radius 3 is 1.96 bits per heavy atom. The molecular formula is C25H31NOS. The summed E-state index contributed by atoms with van der Waals surface area (Å²) >= 11 is 1.74. The van der Waals surface area contributed by atoms with Gasteiger partial charge in [0.05, 0.1) is 0 Å². The van der Waals surface area contributed by atoms with E-state index in [-0.39, 0.29) is 5.78 Å². The lowest BCUT2D eigenvalue weighted by atomic mass is 9.94. The molecule has 2 nitrogen and oxygen atoms in total. The van der Waals surface area contributed by atoms with Crippen LogP contribution in [0.4, 0.5) is 5.69 Å². The third-order valence-corrected chi connectivity index (χ3v) is 5.70. The van der Waals surface area contributed by atoms with E-state index in [0.717, 1.165) is 29.6 Å². The van der Waals surface area contributed by atoms with Crippen LogP contribution in [0.25, 0.3) is 0 Å². The zero-order valence-corrected chi connectivity index (χ0v) is 18.5. The molecule has 0 aliphatic rings. The van der Waals surface area contributed by atoms with Crippen molar-refractivity contribution in [1.82, 2.24) is 0 Å². The molecular weight excluding hydrogens is 362 g/mol. The fourth-order valence-corrected chi connectivity index (χ4v) is 3.95. The lowest BCUT2D eigenvalue weighted by Gasteiger charge is -2.12. The maximum atomic E-state index is 12.8. The second-order valence-electron chi connectivity index (χ2n) is 7.00. The molecule has 2 aromatic rings. The number of allylic oxidation sites excluding steroid dienone is 4. The minimum atomic E-state index is 0.198. The van der Waals surface area contributed by atoms with E-state index in [0.29, 0.717) is 6.42 Å². The van der Waals surface area contributed by atoms with Gasteiger partial charge in [0.25, 0.3) is 0 Å². The Morgan fingerprint density at radius 2 is 1.50 bits per heavy atom. The summed E-state index contributed by atoms with van der Waals surface area (Å²) in [4.78, 5) is 17.3. The molecule has 0 N–H and O–H groups in total. The Labute approximate surface area is 174 Å². The van der Waals surface area contributed by atoms with Gasteiger partial charge in [-0.05, 0) is 67.8 Å². The Hall–Kier alpha value is -2.26. The molecule has 0 atom stereocenters. The van der Waals surface area contributed by atoms with E-state index in [1.807, 2.05) is 34.0 Å². The number of anilines is 1. The average Bonchev–Trinajstić information content (AvgIpc) is 2.69. The van der Waals surface area contributed by atoms with Gasteiger partial charge >= 0.3 is 0 Å². The molecule has 0 saturated carbocycles. The summed E-state index contributed by atoms with van der Waals surface area (Å²) in [5.74, 6) is 0.198. The number of rotatable bonds is 9. The molecule has 2 aromatic carbocycles. The number of hydrogen-bond donors (Lipinski definition) is 0. The van der Waals surface area contributed by atoms with Gasteiger partial charge in [-0.15, -0.1) is 0 Å². The monoisotopic (exact) mass is 393 g/mol. The summed E-state index contributed by atoms with van der Waals surface area (Å²) in [6.07, 6.45) is 6.46. The van der Waals surface area contributed by atoms with Crippen LogP contribution in [-0.4, -0.2) is 19.9 Å². The standard InChI is InChI=1S/C25H31NOS/c1-6-9-20(7-2)24(8-3)25(27)18-19-10-14-22(15-11-19)28-23-16-12-21(13-17-23)26(4)5/h7-8,10-17H,6,9,18H2,1-5H3/b20-7-,24-8+. The van der Waals surface area contributed by atoms with Crippen molar-refractivity contribution in [2.24, 2.45) is 0 Å². The number of hydrogen-bond acceptors (Lipinski definition) is 3. The van der Waals surface area contributed by atoms with Crippen LogP contribution in [0.5, 0.6) is 0 Å². The van der Waals surface area contributed by atoms with Crippen LogP contribution < -0.4 is 4.90 Å². The SMILES string of the molecule is C/C=C(CCC)\C(=C/C)C(=O)Cc1ccc(Sc2ccc(N(C)C)cc2)cc1. The summed E-state index contributed by atoms with van der Waals surface area (Å²) in [6, 6.07) is 16.9. The van der Waals surface area contributed by atoms with E-state index in [1.54, 1.807) is 11.8 Å². The largest absolute Gasteiger partial charge is 0.378 e. The third-order valence-electron chi connectivity index (χ3n) is 4.68. The first-order valence-corrected chi connectivity index (χ1v) is 10.7. The maximum Gasteiger partial charge on any atom is 0.167 e. The molecule has 0 saturated heterocycles. The highest BCUT2D eigenvalue weighted by Crippen LogP contribution is 2.29. The molecule has 0 aliphatic heterocycles. The average molecular weight is 394 g/mol. The molecule has 0 bridgehead atoms. The van der Waals surface area contributed by atoms with Crippen molar-refractivity contribution >= 4 is 23.2 Å². The highest BCUT2D eigenvalue weighted by molar-refractivity contribution is 7.99. The highest BCUT2D eigenvalue weighted by atomic mass is 32.2. The van der Waals surface area contributed by atoms with Gasteiger partial charge in [-0.25, -0.2) is 0 Å². The number of nitrogens with zero attached hydrogens (tertiary/aromatic N) is 1. The Bertz CT molecular complexity index is 830. The van der Waals surface area contributed by atoms with E-state index >= 15 is 0 Å². The fourth-order valence-electron chi connectivity index (χ4n) is 3.13. The van der Waals surface area contributed by atoms with Gasteiger partial charge in [-0.3, -0.25) is 4.79 Å². The number of carbonyl (C=O) groups is 1. The lowest BCUT2D eigenvalue weighted by Crippen LogP contribution is -2.09. The first-order valence-electron chi connectivity index (χ1n) is 9.87. The Balaban J connectivity index is 2.02. The van der Waals surface area contributed by atoms with Gasteiger partial charge in [0, 0.05) is 41.6 Å². The van der Waals surface area contributed by atoms with Crippen LogP contribution in [-0.2, 0) is 11.2 Å². The van der Waals surface area contributed by atoms with Crippen LogP contribution >= 0.6 is 11.8 Å². The summed E-state index contributed by atoms with van der Waals surface area (Å²) in [7, 11) is 4.09. The zero-order chi connectivity index (χ0) is 20.5. The summed E-state index contributed by atoms with van der Waals surface area (Å²) < 4.78 is 0. The molecule has 0 aliphatic carbocycles. The lowest BCUT2D eigenvalue weighted by molar-refractivity contribution is -0.114. The van der Waals surface area contributed by atoms with Gasteiger partial charge in [-0.2, -0.15) is 0 Å². The van der Waals surface area contributed by atoms with Crippen molar-refractivity contribution in [3.8, 4) is 0 Å². The first kappa shape index (κ1) is 22.0. The number of benzene rings is 2. The fraction of sp³-hybridized carbons (Fsp3) is 0.320. The maximum absolute atomic E-state index is 12.8. The van der Waals surface area contributed by atoms with E-state index in [4.69, 9.17) is 0 Å². The van der Waals surface area contributed by atoms with Crippen molar-refractivity contribution in [2.45, 2.75) is 49.8 Å². The molecule has 0 aromatic heterocycles. The molecule has 0 fully saturated rings. The smallest absolute Gasteiger partial charge is 0.167 e. The predicted molar refractivity (Wildman–Crippen MR) is 122 cm³/mol. The van der Waals surface area contributed by atoms with E-state index in [2.05, 4.69) is 66.4 Å². The van der Waals surface area contributed by atoms with Gasteiger partial charge < -0.3 is 4.90 Å². The highest BCUT2D eigenvalue weighted by Gasteiger charge is 2.13. The molecule has 0 spiro atoms. The van der Waals surface area contributed by atoms with E-state index in [1.165, 1.54) is 15.5 Å². The number of Topliss-reactive ketones (excluding diaryl/α,β-unsaturated/α-hetero) is 1. The Kier molecular flexibility index (Phi) is 8.59. The zero-order valence-electron chi connectivity index (χ0n) is 17.7. The summed E-state index contributed by atoms with van der Waals surface area (Å²) in [5.41, 5.74) is 4.28. The third kappa shape index (κ3) is 6.13. The normalized spacial score (nSPS) is 12.2.